The van der Waals surface area contributed by atoms with Gasteiger partial charge in [0, 0.05) is 34.8 Å². The molecule has 0 bridgehead atoms. The quantitative estimate of drug-likeness (QED) is 0.132. The molecule has 6 heteroatoms. The standard InChI is InChI=1S/C39H37N5O/c1-29(2)44(34-27-40-36(30-17-7-3-8-18-30)38(42-34)32-21-11-5-12-22-32)25-15-16-26-45-35-28-41-37(31-19-9-4-10-20-31)39(43-35)33-23-13-6-14-24-33/h3-14,17-24,27-29H,15-16,25-26H2,1-2H3. The van der Waals surface area contributed by atoms with Crippen molar-refractivity contribution in [2.75, 3.05) is 18.1 Å². The lowest BCUT2D eigenvalue weighted by Gasteiger charge is -2.28. The fourth-order valence-corrected chi connectivity index (χ4v) is 5.37. The Morgan fingerprint density at radius 1 is 0.533 bits per heavy atom. The summed E-state index contributed by atoms with van der Waals surface area (Å²) in [5, 5.41) is 0. The number of ether oxygens (including phenoxy) is 1. The van der Waals surface area contributed by atoms with Crippen LogP contribution in [-0.4, -0.2) is 39.1 Å². The molecule has 0 saturated carbocycles. The molecule has 6 nitrogen and oxygen atoms in total. The molecule has 2 heterocycles. The van der Waals surface area contributed by atoms with Gasteiger partial charge in [-0.1, -0.05) is 121 Å². The Morgan fingerprint density at radius 3 is 1.47 bits per heavy atom. The van der Waals surface area contributed by atoms with Crippen molar-refractivity contribution >= 4 is 5.82 Å². The number of rotatable bonds is 12. The number of hydrogen-bond donors (Lipinski definition) is 0. The van der Waals surface area contributed by atoms with Crippen LogP contribution >= 0.6 is 0 Å². The maximum atomic E-state index is 6.13. The molecule has 6 aromatic rings. The first-order valence-corrected chi connectivity index (χ1v) is 15.5. The fourth-order valence-electron chi connectivity index (χ4n) is 5.37. The summed E-state index contributed by atoms with van der Waals surface area (Å²) >= 11 is 0. The molecule has 4 aromatic carbocycles. The normalized spacial score (nSPS) is 11.0. The second kappa shape index (κ2) is 14.4. The Labute approximate surface area is 265 Å². The smallest absolute Gasteiger partial charge is 0.232 e. The lowest BCUT2D eigenvalue weighted by molar-refractivity contribution is 0.294. The number of aromatic nitrogens is 4. The molecule has 6 rings (SSSR count). The van der Waals surface area contributed by atoms with Crippen LogP contribution in [0.1, 0.15) is 26.7 Å². The third-order valence-corrected chi connectivity index (χ3v) is 7.66. The first-order valence-electron chi connectivity index (χ1n) is 15.5. The lowest BCUT2D eigenvalue weighted by Crippen LogP contribution is -2.33. The van der Waals surface area contributed by atoms with E-state index >= 15 is 0 Å². The van der Waals surface area contributed by atoms with E-state index in [0.717, 1.165) is 70.2 Å². The highest BCUT2D eigenvalue weighted by Gasteiger charge is 2.18. The molecule has 0 fully saturated rings. The third kappa shape index (κ3) is 7.24. The van der Waals surface area contributed by atoms with Gasteiger partial charge in [-0.15, -0.1) is 0 Å². The molecule has 0 radical (unpaired) electrons. The van der Waals surface area contributed by atoms with Crippen LogP contribution in [0.4, 0.5) is 5.82 Å². The van der Waals surface area contributed by atoms with Gasteiger partial charge in [-0.05, 0) is 26.7 Å². The van der Waals surface area contributed by atoms with E-state index in [9.17, 15) is 0 Å². The Kier molecular flexibility index (Phi) is 9.51. The van der Waals surface area contributed by atoms with Crippen LogP contribution in [0.5, 0.6) is 5.88 Å². The van der Waals surface area contributed by atoms with Gasteiger partial charge in [-0.2, -0.15) is 0 Å². The average Bonchev–Trinajstić information content (AvgIpc) is 3.11. The van der Waals surface area contributed by atoms with E-state index in [1.807, 2.05) is 79.0 Å². The minimum Gasteiger partial charge on any atom is -0.477 e. The van der Waals surface area contributed by atoms with Gasteiger partial charge in [0.25, 0.3) is 0 Å². The molecular weight excluding hydrogens is 554 g/mol. The van der Waals surface area contributed by atoms with Crippen LogP contribution in [0.3, 0.4) is 0 Å². The van der Waals surface area contributed by atoms with Gasteiger partial charge < -0.3 is 9.64 Å². The molecule has 45 heavy (non-hydrogen) atoms. The van der Waals surface area contributed by atoms with Crippen LogP contribution in [-0.2, 0) is 0 Å². The molecule has 0 amide bonds. The van der Waals surface area contributed by atoms with Crippen molar-refractivity contribution < 1.29 is 4.74 Å². The van der Waals surface area contributed by atoms with Gasteiger partial charge in [0.15, 0.2) is 0 Å². The third-order valence-electron chi connectivity index (χ3n) is 7.66. The topological polar surface area (TPSA) is 64.0 Å². The monoisotopic (exact) mass is 591 g/mol. The Hall–Kier alpha value is -5.36. The SMILES string of the molecule is CC(C)N(CCCCOc1cnc(-c2ccccc2)c(-c2ccccc2)n1)c1cnc(-c2ccccc2)c(-c2ccccc2)n1. The molecular formula is C39H37N5O. The number of benzene rings is 4. The summed E-state index contributed by atoms with van der Waals surface area (Å²) < 4.78 is 6.13. The molecule has 0 N–H and O–H groups in total. The van der Waals surface area contributed by atoms with Crippen molar-refractivity contribution in [3.63, 3.8) is 0 Å². The zero-order chi connectivity index (χ0) is 30.8. The van der Waals surface area contributed by atoms with E-state index < -0.39 is 0 Å². The van der Waals surface area contributed by atoms with Crippen molar-refractivity contribution in [1.29, 1.82) is 0 Å². The van der Waals surface area contributed by atoms with Crippen molar-refractivity contribution in [2.45, 2.75) is 32.7 Å². The van der Waals surface area contributed by atoms with E-state index in [2.05, 4.69) is 67.3 Å². The lowest BCUT2D eigenvalue weighted by atomic mass is 10.0. The van der Waals surface area contributed by atoms with Crippen molar-refractivity contribution in [2.24, 2.45) is 0 Å². The van der Waals surface area contributed by atoms with Crippen molar-refractivity contribution in [3.8, 4) is 50.9 Å². The summed E-state index contributed by atoms with van der Waals surface area (Å²) in [5.74, 6) is 1.41. The zero-order valence-electron chi connectivity index (χ0n) is 25.8. The molecule has 0 aliphatic heterocycles. The van der Waals surface area contributed by atoms with E-state index in [1.54, 1.807) is 6.20 Å². The van der Waals surface area contributed by atoms with Gasteiger partial charge >= 0.3 is 0 Å². The summed E-state index contributed by atoms with van der Waals surface area (Å²) in [6.45, 7) is 5.77. The van der Waals surface area contributed by atoms with Crippen LogP contribution in [0.2, 0.25) is 0 Å². The van der Waals surface area contributed by atoms with Crippen molar-refractivity contribution in [3.05, 3.63) is 134 Å². The number of anilines is 1. The molecule has 0 aliphatic carbocycles. The van der Waals surface area contributed by atoms with Gasteiger partial charge in [0.05, 0.1) is 36.1 Å². The second-order valence-electron chi connectivity index (χ2n) is 11.1. The van der Waals surface area contributed by atoms with Crippen LogP contribution in [0, 0.1) is 0 Å². The highest BCUT2D eigenvalue weighted by atomic mass is 16.5. The maximum Gasteiger partial charge on any atom is 0.232 e. The molecule has 2 aromatic heterocycles. The van der Waals surface area contributed by atoms with E-state index in [0.29, 0.717) is 12.5 Å². The van der Waals surface area contributed by atoms with Crippen LogP contribution < -0.4 is 9.64 Å². The minimum absolute atomic E-state index is 0.260. The maximum absolute atomic E-state index is 6.13. The average molecular weight is 592 g/mol. The van der Waals surface area contributed by atoms with Crippen molar-refractivity contribution in [1.82, 2.24) is 19.9 Å². The highest BCUT2D eigenvalue weighted by Crippen LogP contribution is 2.32. The Balaban J connectivity index is 1.14. The Bertz CT molecular complexity index is 1800. The Morgan fingerprint density at radius 2 is 0.978 bits per heavy atom. The number of hydrogen-bond acceptors (Lipinski definition) is 6. The molecule has 0 atom stereocenters. The first-order chi connectivity index (χ1) is 22.2. The molecule has 0 saturated heterocycles. The van der Waals surface area contributed by atoms with Gasteiger partial charge in [-0.3, -0.25) is 4.98 Å². The predicted molar refractivity (Wildman–Crippen MR) is 183 cm³/mol. The van der Waals surface area contributed by atoms with Gasteiger partial charge in [0.1, 0.15) is 11.5 Å². The van der Waals surface area contributed by atoms with E-state index in [-0.39, 0.29) is 6.04 Å². The van der Waals surface area contributed by atoms with Gasteiger partial charge in [-0.25, -0.2) is 15.0 Å². The first kappa shape index (κ1) is 29.7. The zero-order valence-corrected chi connectivity index (χ0v) is 25.8. The highest BCUT2D eigenvalue weighted by molar-refractivity contribution is 5.79. The van der Waals surface area contributed by atoms with Crippen LogP contribution in [0.25, 0.3) is 45.0 Å². The largest absolute Gasteiger partial charge is 0.477 e. The number of nitrogens with zero attached hydrogens (tertiary/aromatic N) is 5. The number of unbranched alkanes of at least 4 members (excludes halogenated alkanes) is 1. The second-order valence-corrected chi connectivity index (χ2v) is 11.1. The molecule has 0 aliphatic rings. The summed E-state index contributed by atoms with van der Waals surface area (Å²) in [7, 11) is 0. The summed E-state index contributed by atoms with van der Waals surface area (Å²) in [6, 6.07) is 41.1. The summed E-state index contributed by atoms with van der Waals surface area (Å²) in [6.07, 6.45) is 5.43. The van der Waals surface area contributed by atoms with Gasteiger partial charge in [0.2, 0.25) is 5.88 Å². The summed E-state index contributed by atoms with van der Waals surface area (Å²) in [5.41, 5.74) is 7.58. The van der Waals surface area contributed by atoms with E-state index in [4.69, 9.17) is 24.7 Å². The van der Waals surface area contributed by atoms with Crippen LogP contribution in [0.15, 0.2) is 134 Å². The van der Waals surface area contributed by atoms with E-state index in [1.165, 1.54) is 0 Å². The minimum atomic E-state index is 0.260. The summed E-state index contributed by atoms with van der Waals surface area (Å²) in [4.78, 5) is 22.1. The molecule has 0 unspecified atom stereocenters. The molecule has 0 spiro atoms. The molecule has 224 valence electrons. The predicted octanol–water partition coefficient (Wildman–Crippen LogP) is 9.01. The fraction of sp³-hybridized carbons (Fsp3) is 0.179.